The van der Waals surface area contributed by atoms with Crippen molar-refractivity contribution in [2.24, 2.45) is 11.3 Å². The number of aryl methyl sites for hydroxylation is 1. The molecule has 2 amide bonds. The Kier molecular flexibility index (Phi) is 4.04. The van der Waals surface area contributed by atoms with Gasteiger partial charge in [-0.15, -0.1) is 0 Å². The highest BCUT2D eigenvalue weighted by molar-refractivity contribution is 5.78. The summed E-state index contributed by atoms with van der Waals surface area (Å²) in [6, 6.07) is 8.07. The molecule has 5 nitrogen and oxygen atoms in total. The van der Waals surface area contributed by atoms with E-state index < -0.39 is 11.9 Å². The van der Waals surface area contributed by atoms with Crippen molar-refractivity contribution in [1.29, 1.82) is 0 Å². The van der Waals surface area contributed by atoms with Crippen LogP contribution in [0.15, 0.2) is 24.3 Å². The van der Waals surface area contributed by atoms with Gasteiger partial charge in [-0.25, -0.2) is 4.79 Å². The highest BCUT2D eigenvalue weighted by Gasteiger charge is 2.38. The Hall–Kier alpha value is -2.04. The van der Waals surface area contributed by atoms with Gasteiger partial charge in [-0.1, -0.05) is 38.1 Å². The molecule has 1 fully saturated rings. The van der Waals surface area contributed by atoms with Gasteiger partial charge in [0.15, 0.2) is 0 Å². The van der Waals surface area contributed by atoms with Crippen molar-refractivity contribution in [1.82, 2.24) is 10.2 Å². The van der Waals surface area contributed by atoms with E-state index in [1.165, 1.54) is 11.1 Å². The van der Waals surface area contributed by atoms with Crippen LogP contribution in [0.1, 0.15) is 43.9 Å². The number of fused-ring (bicyclic) bond motifs is 1. The molecule has 124 valence electrons. The monoisotopic (exact) mass is 316 g/mol. The lowest BCUT2D eigenvalue weighted by Crippen LogP contribution is -2.46. The molecule has 1 aliphatic heterocycles. The van der Waals surface area contributed by atoms with Gasteiger partial charge in [-0.2, -0.15) is 0 Å². The Bertz CT molecular complexity index is 626. The average Bonchev–Trinajstić information content (AvgIpc) is 3.00. The number of hydrogen-bond donors (Lipinski definition) is 2. The van der Waals surface area contributed by atoms with Crippen molar-refractivity contribution in [3.05, 3.63) is 35.4 Å². The molecule has 0 aromatic heterocycles. The molecule has 3 rings (SSSR count). The maximum absolute atomic E-state index is 12.6. The largest absolute Gasteiger partial charge is 0.481 e. The summed E-state index contributed by atoms with van der Waals surface area (Å²) in [5.74, 6) is -1.25. The molecule has 1 aliphatic carbocycles. The third kappa shape index (κ3) is 3.05. The van der Waals surface area contributed by atoms with Crippen molar-refractivity contribution >= 4 is 12.0 Å². The summed E-state index contributed by atoms with van der Waals surface area (Å²) in [5, 5.41) is 12.2. The second kappa shape index (κ2) is 5.87. The number of likely N-dealkylation sites (tertiary alicyclic amines) is 1. The minimum atomic E-state index is -0.816. The van der Waals surface area contributed by atoms with E-state index >= 15 is 0 Å². The zero-order valence-corrected chi connectivity index (χ0v) is 13.7. The number of benzene rings is 1. The van der Waals surface area contributed by atoms with Crippen LogP contribution in [-0.4, -0.2) is 35.1 Å². The molecule has 2 unspecified atom stereocenters. The van der Waals surface area contributed by atoms with E-state index in [1.54, 1.807) is 4.90 Å². The molecule has 1 heterocycles. The summed E-state index contributed by atoms with van der Waals surface area (Å²) in [5.41, 5.74) is 2.46. The van der Waals surface area contributed by atoms with Gasteiger partial charge in [0.1, 0.15) is 0 Å². The third-order valence-electron chi connectivity index (χ3n) is 5.28. The Balaban J connectivity index is 1.76. The van der Waals surface area contributed by atoms with Crippen molar-refractivity contribution in [3.8, 4) is 0 Å². The van der Waals surface area contributed by atoms with Crippen molar-refractivity contribution < 1.29 is 14.7 Å². The number of amides is 2. The van der Waals surface area contributed by atoms with E-state index in [2.05, 4.69) is 31.3 Å². The predicted molar refractivity (Wildman–Crippen MR) is 87.1 cm³/mol. The second-order valence-corrected chi connectivity index (χ2v) is 7.34. The molecule has 1 saturated heterocycles. The van der Waals surface area contributed by atoms with Crippen LogP contribution in [-0.2, 0) is 11.2 Å². The fraction of sp³-hybridized carbons (Fsp3) is 0.556. The van der Waals surface area contributed by atoms with Gasteiger partial charge in [-0.3, -0.25) is 4.79 Å². The lowest BCUT2D eigenvalue weighted by Gasteiger charge is -2.41. The van der Waals surface area contributed by atoms with Gasteiger partial charge in [0.05, 0.1) is 12.0 Å². The SMILES string of the molecule is CC1(C)CCc2ccccc2C1NC(=O)N1CCC(C(=O)O)C1. The number of hydrogen-bond acceptors (Lipinski definition) is 2. The summed E-state index contributed by atoms with van der Waals surface area (Å²) in [4.78, 5) is 25.3. The Morgan fingerprint density at radius 3 is 2.74 bits per heavy atom. The first kappa shape index (κ1) is 15.8. The molecule has 2 aliphatic rings. The summed E-state index contributed by atoms with van der Waals surface area (Å²) in [7, 11) is 0. The van der Waals surface area contributed by atoms with Crippen LogP contribution < -0.4 is 5.32 Å². The van der Waals surface area contributed by atoms with Crippen molar-refractivity contribution in [3.63, 3.8) is 0 Å². The average molecular weight is 316 g/mol. The number of nitrogens with one attached hydrogen (secondary N) is 1. The Morgan fingerprint density at radius 1 is 1.30 bits per heavy atom. The molecule has 0 bridgehead atoms. The first-order valence-electron chi connectivity index (χ1n) is 8.24. The topological polar surface area (TPSA) is 69.6 Å². The molecule has 1 aromatic carbocycles. The first-order valence-corrected chi connectivity index (χ1v) is 8.24. The minimum Gasteiger partial charge on any atom is -0.481 e. The third-order valence-corrected chi connectivity index (χ3v) is 5.28. The number of rotatable bonds is 2. The van der Waals surface area contributed by atoms with Crippen molar-refractivity contribution in [2.75, 3.05) is 13.1 Å². The zero-order chi connectivity index (χ0) is 16.6. The number of carbonyl (C=O) groups is 2. The van der Waals surface area contributed by atoms with Gasteiger partial charge < -0.3 is 15.3 Å². The van der Waals surface area contributed by atoms with Crippen LogP contribution in [0, 0.1) is 11.3 Å². The van der Waals surface area contributed by atoms with Crippen LogP contribution in [0.3, 0.4) is 0 Å². The highest BCUT2D eigenvalue weighted by atomic mass is 16.4. The second-order valence-electron chi connectivity index (χ2n) is 7.34. The van der Waals surface area contributed by atoms with Gasteiger partial charge >= 0.3 is 12.0 Å². The van der Waals surface area contributed by atoms with E-state index in [0.29, 0.717) is 19.5 Å². The van der Waals surface area contributed by atoms with E-state index in [1.807, 2.05) is 12.1 Å². The lowest BCUT2D eigenvalue weighted by atomic mass is 9.70. The Labute approximate surface area is 136 Å². The molecule has 2 atom stereocenters. The number of aliphatic carboxylic acids is 1. The molecular weight excluding hydrogens is 292 g/mol. The minimum absolute atomic E-state index is 0.0179. The van der Waals surface area contributed by atoms with Crippen LogP contribution in [0.25, 0.3) is 0 Å². The van der Waals surface area contributed by atoms with Crippen LogP contribution >= 0.6 is 0 Å². The summed E-state index contributed by atoms with van der Waals surface area (Å²) < 4.78 is 0. The van der Waals surface area contributed by atoms with Crippen LogP contribution in [0.5, 0.6) is 0 Å². The predicted octanol–water partition coefficient (Wildman–Crippen LogP) is 2.82. The summed E-state index contributed by atoms with van der Waals surface area (Å²) in [6.45, 7) is 5.17. The fourth-order valence-corrected chi connectivity index (χ4v) is 3.70. The van der Waals surface area contributed by atoms with E-state index in [9.17, 15) is 9.59 Å². The van der Waals surface area contributed by atoms with E-state index in [-0.39, 0.29) is 17.5 Å². The number of nitrogens with zero attached hydrogens (tertiary/aromatic N) is 1. The highest BCUT2D eigenvalue weighted by Crippen LogP contribution is 2.43. The first-order chi connectivity index (χ1) is 10.9. The maximum Gasteiger partial charge on any atom is 0.317 e. The lowest BCUT2D eigenvalue weighted by molar-refractivity contribution is -0.141. The summed E-state index contributed by atoms with van der Waals surface area (Å²) in [6.07, 6.45) is 2.58. The van der Waals surface area contributed by atoms with Gasteiger partial charge in [0.2, 0.25) is 0 Å². The molecular formula is C18H24N2O3. The summed E-state index contributed by atoms with van der Waals surface area (Å²) >= 11 is 0. The van der Waals surface area contributed by atoms with Gasteiger partial charge in [0, 0.05) is 13.1 Å². The number of carboxylic acid groups (broad SMARTS) is 1. The quantitative estimate of drug-likeness (QED) is 0.881. The molecule has 0 spiro atoms. The van der Waals surface area contributed by atoms with E-state index in [4.69, 9.17) is 5.11 Å². The molecule has 0 radical (unpaired) electrons. The molecule has 23 heavy (non-hydrogen) atoms. The van der Waals surface area contributed by atoms with E-state index in [0.717, 1.165) is 12.8 Å². The zero-order valence-electron chi connectivity index (χ0n) is 13.7. The fourth-order valence-electron chi connectivity index (χ4n) is 3.70. The number of carbonyl (C=O) groups excluding carboxylic acids is 1. The molecule has 5 heteroatoms. The van der Waals surface area contributed by atoms with Crippen LogP contribution in [0.4, 0.5) is 4.79 Å². The van der Waals surface area contributed by atoms with Gasteiger partial charge in [0.25, 0.3) is 0 Å². The maximum atomic E-state index is 12.6. The Morgan fingerprint density at radius 2 is 2.04 bits per heavy atom. The molecule has 0 saturated carbocycles. The standard InChI is InChI=1S/C18H24N2O3/c1-18(2)9-7-12-5-3-4-6-14(12)15(18)19-17(23)20-10-8-13(11-20)16(21)22/h3-6,13,15H,7-11H2,1-2H3,(H,19,23)(H,21,22). The number of carboxylic acids is 1. The normalized spacial score (nSPS) is 25.7. The molecule has 2 N–H and O–H groups in total. The van der Waals surface area contributed by atoms with Crippen molar-refractivity contribution in [2.45, 2.75) is 39.2 Å². The smallest absolute Gasteiger partial charge is 0.317 e. The number of urea groups is 1. The van der Waals surface area contributed by atoms with Crippen LogP contribution in [0.2, 0.25) is 0 Å². The molecule has 1 aromatic rings. The van der Waals surface area contributed by atoms with Gasteiger partial charge in [-0.05, 0) is 35.8 Å².